The summed E-state index contributed by atoms with van der Waals surface area (Å²) in [5, 5.41) is 0. The maximum absolute atomic E-state index is 7.33. The largest absolute Gasteiger partial charge is 0.361 e. The van der Waals surface area contributed by atoms with Crippen molar-refractivity contribution in [3.8, 4) is 11.3 Å². The van der Waals surface area contributed by atoms with Gasteiger partial charge in [0, 0.05) is 11.9 Å². The summed E-state index contributed by atoms with van der Waals surface area (Å²) in [6.07, 6.45) is 1.68. The van der Waals surface area contributed by atoms with Crippen LogP contribution in [0.1, 0.15) is 1.37 Å². The van der Waals surface area contributed by atoms with E-state index in [1.165, 1.54) is 0 Å². The maximum atomic E-state index is 7.33. The number of nitrogens with one attached hydrogen (secondary N) is 1. The normalized spacial score (nSPS) is 11.1. The molecule has 0 aliphatic carbocycles. The van der Waals surface area contributed by atoms with E-state index in [9.17, 15) is 0 Å². The Morgan fingerprint density at radius 2 is 1.91 bits per heavy atom. The molecule has 0 amide bonds. The smallest absolute Gasteiger partial charge is 0.0639 e. The molecule has 1 aromatic heterocycles. The zero-order chi connectivity index (χ0) is 8.39. The van der Waals surface area contributed by atoms with E-state index >= 15 is 0 Å². The minimum absolute atomic E-state index is 0.522. The van der Waals surface area contributed by atoms with Gasteiger partial charge in [0.1, 0.15) is 0 Å². The molecule has 1 N–H and O–H groups in total. The first kappa shape index (κ1) is 5.19. The van der Waals surface area contributed by atoms with Gasteiger partial charge in [-0.15, -0.1) is 0 Å². The van der Waals surface area contributed by atoms with Gasteiger partial charge in [0.2, 0.25) is 0 Å². The fraction of sp³-hybridized carbons (Fsp3) is 0. The number of aromatic amines is 1. The molecule has 0 spiro atoms. The number of aromatic nitrogens is 1. The van der Waals surface area contributed by atoms with Gasteiger partial charge in [0.25, 0.3) is 0 Å². The van der Waals surface area contributed by atoms with E-state index in [0.29, 0.717) is 6.04 Å². The van der Waals surface area contributed by atoms with Crippen molar-refractivity contribution in [2.24, 2.45) is 0 Å². The molecule has 1 aromatic carbocycles. The molecule has 1 nitrogen and oxygen atoms in total. The number of H-pyrrole nitrogens is 1. The van der Waals surface area contributed by atoms with Crippen molar-refractivity contribution in [1.29, 1.82) is 0 Å². The third kappa shape index (κ3) is 1.17. The average molecular weight is 144 g/mol. The van der Waals surface area contributed by atoms with Crippen LogP contribution in [0, 0.1) is 0 Å². The lowest BCUT2D eigenvalue weighted by Crippen LogP contribution is -1.73. The first-order valence-corrected chi connectivity index (χ1v) is 3.57. The van der Waals surface area contributed by atoms with E-state index in [-0.39, 0.29) is 0 Å². The summed E-state index contributed by atoms with van der Waals surface area (Å²) in [4.78, 5) is 3.03. The third-order valence-electron chi connectivity index (χ3n) is 1.62. The Labute approximate surface area is 67.1 Å². The van der Waals surface area contributed by atoms with Crippen LogP contribution in [-0.2, 0) is 0 Å². The lowest BCUT2D eigenvalue weighted by atomic mass is 10.2. The molecule has 0 fully saturated rings. The minimum atomic E-state index is 0.522. The van der Waals surface area contributed by atoms with Crippen molar-refractivity contribution in [3.63, 3.8) is 0 Å². The zero-order valence-electron chi connectivity index (χ0n) is 7.04. The molecule has 1 heterocycles. The Bertz CT molecular complexity index is 364. The predicted molar refractivity (Wildman–Crippen MR) is 46.2 cm³/mol. The van der Waals surface area contributed by atoms with Gasteiger partial charge in [0.05, 0.1) is 1.37 Å². The van der Waals surface area contributed by atoms with Crippen LogP contribution in [0.5, 0.6) is 0 Å². The molecule has 0 saturated heterocycles. The number of benzene rings is 1. The fourth-order valence-electron chi connectivity index (χ4n) is 1.07. The summed E-state index contributed by atoms with van der Waals surface area (Å²) in [5.41, 5.74) is 2.12. The van der Waals surface area contributed by atoms with Gasteiger partial charge in [-0.3, -0.25) is 0 Å². The van der Waals surface area contributed by atoms with Crippen LogP contribution in [0.4, 0.5) is 0 Å². The average Bonchev–Trinajstić information content (AvgIpc) is 2.54. The molecule has 11 heavy (non-hydrogen) atoms. The number of hydrogen-bond donors (Lipinski definition) is 1. The standard InChI is InChI=1S/C10H9N/c1-2-5-9(6-3-1)10-7-4-8-11-10/h1-8,11H/i4D. The highest BCUT2D eigenvalue weighted by atomic mass is 14.7. The molecule has 0 saturated carbocycles. The summed E-state index contributed by atoms with van der Waals surface area (Å²) in [7, 11) is 0. The van der Waals surface area contributed by atoms with Gasteiger partial charge in [-0.25, -0.2) is 0 Å². The summed E-state index contributed by atoms with van der Waals surface area (Å²) >= 11 is 0. The highest BCUT2D eigenvalue weighted by Gasteiger charge is 1.92. The van der Waals surface area contributed by atoms with E-state index in [1.54, 1.807) is 6.20 Å². The van der Waals surface area contributed by atoms with Crippen LogP contribution in [-0.4, -0.2) is 4.98 Å². The lowest BCUT2D eigenvalue weighted by molar-refractivity contribution is 1.40. The van der Waals surface area contributed by atoms with Gasteiger partial charge in [-0.2, -0.15) is 0 Å². The van der Waals surface area contributed by atoms with Crippen LogP contribution >= 0.6 is 0 Å². The van der Waals surface area contributed by atoms with E-state index < -0.39 is 0 Å². The highest BCUT2D eigenvalue weighted by Crippen LogP contribution is 2.14. The summed E-state index contributed by atoms with van der Waals surface area (Å²) in [5.74, 6) is 0. The zero-order valence-corrected chi connectivity index (χ0v) is 6.04. The van der Waals surface area contributed by atoms with E-state index in [1.807, 2.05) is 36.4 Å². The van der Waals surface area contributed by atoms with Crippen molar-refractivity contribution in [3.05, 3.63) is 48.6 Å². The Balaban J connectivity index is 2.45. The molecule has 54 valence electrons. The topological polar surface area (TPSA) is 15.8 Å². The molecule has 0 aliphatic rings. The Morgan fingerprint density at radius 3 is 2.55 bits per heavy atom. The molecule has 0 aliphatic heterocycles. The van der Waals surface area contributed by atoms with Crippen molar-refractivity contribution in [1.82, 2.24) is 4.98 Å². The van der Waals surface area contributed by atoms with Crippen LogP contribution in [0.25, 0.3) is 11.3 Å². The van der Waals surface area contributed by atoms with Gasteiger partial charge >= 0.3 is 0 Å². The highest BCUT2D eigenvalue weighted by molar-refractivity contribution is 5.58. The van der Waals surface area contributed by atoms with Crippen molar-refractivity contribution in [2.45, 2.75) is 0 Å². The molecule has 0 unspecified atom stereocenters. The van der Waals surface area contributed by atoms with E-state index in [0.717, 1.165) is 11.3 Å². The Kier molecular flexibility index (Phi) is 1.24. The first-order chi connectivity index (χ1) is 5.86. The maximum Gasteiger partial charge on any atom is 0.0639 e. The van der Waals surface area contributed by atoms with Crippen LogP contribution in [0.15, 0.2) is 48.6 Å². The van der Waals surface area contributed by atoms with Gasteiger partial charge in [-0.1, -0.05) is 30.3 Å². The first-order valence-electron chi connectivity index (χ1n) is 4.07. The minimum Gasteiger partial charge on any atom is -0.361 e. The fourth-order valence-corrected chi connectivity index (χ4v) is 1.07. The second kappa shape index (κ2) is 2.62. The summed E-state index contributed by atoms with van der Waals surface area (Å²) in [6, 6.07) is 12.3. The van der Waals surface area contributed by atoms with Crippen LogP contribution < -0.4 is 0 Å². The van der Waals surface area contributed by atoms with E-state index in [4.69, 9.17) is 1.37 Å². The number of rotatable bonds is 1. The molecular formula is C10H9N. The second-order valence-corrected chi connectivity index (χ2v) is 2.38. The van der Waals surface area contributed by atoms with Gasteiger partial charge in [-0.05, 0) is 17.7 Å². The molecule has 0 atom stereocenters. The van der Waals surface area contributed by atoms with Crippen molar-refractivity contribution < 1.29 is 1.37 Å². The third-order valence-corrected chi connectivity index (χ3v) is 1.62. The quantitative estimate of drug-likeness (QED) is 0.633. The molecular weight excluding hydrogens is 134 g/mol. The molecule has 0 bridgehead atoms. The monoisotopic (exact) mass is 144 g/mol. The van der Waals surface area contributed by atoms with Crippen LogP contribution in [0.2, 0.25) is 0 Å². The van der Waals surface area contributed by atoms with Gasteiger partial charge < -0.3 is 4.98 Å². The molecule has 2 rings (SSSR count). The molecule has 0 radical (unpaired) electrons. The predicted octanol–water partition coefficient (Wildman–Crippen LogP) is 2.68. The summed E-state index contributed by atoms with van der Waals surface area (Å²) < 4.78 is 7.33. The molecule has 1 heteroatoms. The van der Waals surface area contributed by atoms with Crippen LogP contribution in [0.3, 0.4) is 0 Å². The lowest BCUT2D eigenvalue weighted by Gasteiger charge is -1.94. The summed E-state index contributed by atoms with van der Waals surface area (Å²) in [6.45, 7) is 0. The van der Waals surface area contributed by atoms with Gasteiger partial charge in [0.15, 0.2) is 0 Å². The Morgan fingerprint density at radius 1 is 1.09 bits per heavy atom. The second-order valence-electron chi connectivity index (χ2n) is 2.38. The van der Waals surface area contributed by atoms with E-state index in [2.05, 4.69) is 4.98 Å². The SMILES string of the molecule is [2H]c1c[nH]c(-c2ccccc2)c1. The van der Waals surface area contributed by atoms with Crippen molar-refractivity contribution in [2.75, 3.05) is 0 Å². The Hall–Kier alpha value is -1.50. The molecule has 2 aromatic rings. The number of hydrogen-bond acceptors (Lipinski definition) is 0. The van der Waals surface area contributed by atoms with Crippen molar-refractivity contribution >= 4 is 0 Å².